The zero-order valence-corrected chi connectivity index (χ0v) is 10.9. The van der Waals surface area contributed by atoms with Gasteiger partial charge in [-0.3, -0.25) is 4.79 Å². The van der Waals surface area contributed by atoms with E-state index in [4.69, 9.17) is 0 Å². The summed E-state index contributed by atoms with van der Waals surface area (Å²) in [5.74, 6) is 0.129. The number of carbonyl (C=O) groups is 1. The molecule has 0 heterocycles. The van der Waals surface area contributed by atoms with Crippen LogP contribution in [0.25, 0.3) is 0 Å². The number of aryl methyl sites for hydroxylation is 1. The van der Waals surface area contributed by atoms with Gasteiger partial charge in [0.15, 0.2) is 5.78 Å². The van der Waals surface area contributed by atoms with E-state index in [0.717, 1.165) is 23.4 Å². The summed E-state index contributed by atoms with van der Waals surface area (Å²) in [6, 6.07) is 6.51. The van der Waals surface area contributed by atoms with Crippen LogP contribution >= 0.6 is 0 Å². The van der Waals surface area contributed by atoms with Crippen LogP contribution in [0.5, 0.6) is 0 Å². The Kier molecular flexibility index (Phi) is 4.11. The number of hydrogen-bond acceptors (Lipinski definition) is 2. The lowest BCUT2D eigenvalue weighted by atomic mass is 10.1. The van der Waals surface area contributed by atoms with E-state index in [-0.39, 0.29) is 5.78 Å². The van der Waals surface area contributed by atoms with Crippen molar-refractivity contribution < 1.29 is 4.79 Å². The molecule has 0 atom stereocenters. The average Bonchev–Trinajstić information content (AvgIpc) is 2.17. The normalized spacial score (nSPS) is 10.6. The summed E-state index contributed by atoms with van der Waals surface area (Å²) >= 11 is 0. The number of hydrogen-bond donors (Lipinski definition) is 0. The molecular formula is C14H21NO. The van der Waals surface area contributed by atoms with Gasteiger partial charge in [0, 0.05) is 23.8 Å². The smallest absolute Gasteiger partial charge is 0.159 e. The second-order valence-electron chi connectivity index (χ2n) is 4.49. The largest absolute Gasteiger partial charge is 0.369 e. The van der Waals surface area contributed by atoms with Gasteiger partial charge in [-0.15, -0.1) is 0 Å². The number of ketones is 1. The molecule has 0 fully saturated rings. The van der Waals surface area contributed by atoms with Crippen LogP contribution in [-0.4, -0.2) is 18.4 Å². The Balaban J connectivity index is 3.17. The first-order valence-corrected chi connectivity index (χ1v) is 5.85. The van der Waals surface area contributed by atoms with Crippen molar-refractivity contribution in [2.75, 3.05) is 11.4 Å². The highest BCUT2D eigenvalue weighted by Gasteiger charge is 2.10. The molecular weight excluding hydrogens is 198 g/mol. The predicted octanol–water partition coefficient (Wildman–Crippen LogP) is 3.43. The lowest BCUT2D eigenvalue weighted by Crippen LogP contribution is -2.30. The van der Waals surface area contributed by atoms with Crippen molar-refractivity contribution in [3.05, 3.63) is 29.3 Å². The molecule has 88 valence electrons. The Hall–Kier alpha value is -1.31. The molecule has 1 rings (SSSR count). The summed E-state index contributed by atoms with van der Waals surface area (Å²) in [6.45, 7) is 11.1. The Morgan fingerprint density at radius 2 is 1.94 bits per heavy atom. The monoisotopic (exact) mass is 219 g/mol. The highest BCUT2D eigenvalue weighted by molar-refractivity contribution is 5.95. The second kappa shape index (κ2) is 5.15. The summed E-state index contributed by atoms with van der Waals surface area (Å²) in [4.78, 5) is 13.7. The molecule has 0 aliphatic heterocycles. The molecule has 1 aromatic rings. The average molecular weight is 219 g/mol. The van der Waals surface area contributed by atoms with Crippen LogP contribution < -0.4 is 4.90 Å². The van der Waals surface area contributed by atoms with Crippen LogP contribution in [0.1, 0.15) is 43.6 Å². The number of anilines is 1. The van der Waals surface area contributed by atoms with Crippen LogP contribution in [0, 0.1) is 6.92 Å². The van der Waals surface area contributed by atoms with Gasteiger partial charge < -0.3 is 4.90 Å². The maximum absolute atomic E-state index is 11.4. The van der Waals surface area contributed by atoms with Gasteiger partial charge in [-0.2, -0.15) is 0 Å². The van der Waals surface area contributed by atoms with Crippen molar-refractivity contribution >= 4 is 11.5 Å². The highest BCUT2D eigenvalue weighted by Crippen LogP contribution is 2.21. The molecule has 0 aliphatic carbocycles. The van der Waals surface area contributed by atoms with E-state index in [1.807, 2.05) is 19.1 Å². The molecule has 0 aromatic heterocycles. The van der Waals surface area contributed by atoms with Crippen molar-refractivity contribution in [3.8, 4) is 0 Å². The zero-order valence-electron chi connectivity index (χ0n) is 10.9. The van der Waals surface area contributed by atoms with Crippen molar-refractivity contribution in [2.24, 2.45) is 0 Å². The molecule has 0 amide bonds. The summed E-state index contributed by atoms with van der Waals surface area (Å²) in [5, 5.41) is 0. The maximum atomic E-state index is 11.4. The SMILES string of the molecule is CCN(c1cc(C)cc(C(C)=O)c1)C(C)C. The Morgan fingerprint density at radius 1 is 1.31 bits per heavy atom. The lowest BCUT2D eigenvalue weighted by Gasteiger charge is -2.28. The first-order chi connectivity index (χ1) is 7.45. The third kappa shape index (κ3) is 2.84. The molecule has 16 heavy (non-hydrogen) atoms. The minimum Gasteiger partial charge on any atom is -0.369 e. The van der Waals surface area contributed by atoms with Gasteiger partial charge in [0.05, 0.1) is 0 Å². The predicted molar refractivity (Wildman–Crippen MR) is 69.3 cm³/mol. The van der Waals surface area contributed by atoms with Crippen LogP contribution in [0.3, 0.4) is 0 Å². The second-order valence-corrected chi connectivity index (χ2v) is 4.49. The molecule has 1 aromatic carbocycles. The fourth-order valence-corrected chi connectivity index (χ4v) is 1.98. The van der Waals surface area contributed by atoms with Crippen LogP contribution in [-0.2, 0) is 0 Å². The Morgan fingerprint density at radius 3 is 2.38 bits per heavy atom. The third-order valence-corrected chi connectivity index (χ3v) is 2.76. The number of Topliss-reactive ketones (excluding diaryl/α,β-unsaturated/α-hetero) is 1. The van der Waals surface area contributed by atoms with E-state index in [9.17, 15) is 4.79 Å². The van der Waals surface area contributed by atoms with Crippen LogP contribution in [0.4, 0.5) is 5.69 Å². The molecule has 0 unspecified atom stereocenters. The van der Waals surface area contributed by atoms with Gasteiger partial charge in [-0.25, -0.2) is 0 Å². The Labute approximate surface area is 98.3 Å². The van der Waals surface area contributed by atoms with E-state index in [0.29, 0.717) is 6.04 Å². The molecule has 0 radical (unpaired) electrons. The maximum Gasteiger partial charge on any atom is 0.159 e. The standard InChI is InChI=1S/C14H21NO/c1-6-15(10(2)3)14-8-11(4)7-13(9-14)12(5)16/h7-10H,6H2,1-5H3. The third-order valence-electron chi connectivity index (χ3n) is 2.76. The Bertz CT molecular complexity index is 382. The molecule has 2 nitrogen and oxygen atoms in total. The first-order valence-electron chi connectivity index (χ1n) is 5.85. The van der Waals surface area contributed by atoms with Crippen molar-refractivity contribution in [3.63, 3.8) is 0 Å². The summed E-state index contributed by atoms with van der Waals surface area (Å²) in [7, 11) is 0. The molecule has 0 saturated carbocycles. The van der Waals surface area contributed by atoms with Gasteiger partial charge in [0.1, 0.15) is 0 Å². The zero-order chi connectivity index (χ0) is 12.3. The minimum absolute atomic E-state index is 0.129. The van der Waals surface area contributed by atoms with Gasteiger partial charge in [-0.05, 0) is 58.4 Å². The molecule has 0 saturated heterocycles. The van der Waals surface area contributed by atoms with E-state index >= 15 is 0 Å². The summed E-state index contributed by atoms with van der Waals surface area (Å²) in [6.07, 6.45) is 0. The van der Waals surface area contributed by atoms with E-state index < -0.39 is 0 Å². The minimum atomic E-state index is 0.129. The quantitative estimate of drug-likeness (QED) is 0.723. The number of rotatable bonds is 4. The van der Waals surface area contributed by atoms with Crippen LogP contribution in [0.2, 0.25) is 0 Å². The van der Waals surface area contributed by atoms with Gasteiger partial charge in [0.25, 0.3) is 0 Å². The number of nitrogens with zero attached hydrogens (tertiary/aromatic N) is 1. The molecule has 0 bridgehead atoms. The summed E-state index contributed by atoms with van der Waals surface area (Å²) in [5.41, 5.74) is 3.08. The van der Waals surface area contributed by atoms with E-state index in [1.165, 1.54) is 0 Å². The fourth-order valence-electron chi connectivity index (χ4n) is 1.98. The first kappa shape index (κ1) is 12.8. The lowest BCUT2D eigenvalue weighted by molar-refractivity contribution is 0.101. The van der Waals surface area contributed by atoms with Gasteiger partial charge in [-0.1, -0.05) is 0 Å². The van der Waals surface area contributed by atoms with Gasteiger partial charge in [0.2, 0.25) is 0 Å². The topological polar surface area (TPSA) is 20.3 Å². The van der Waals surface area contributed by atoms with E-state index in [2.05, 4.69) is 31.7 Å². The fraction of sp³-hybridized carbons (Fsp3) is 0.500. The van der Waals surface area contributed by atoms with Crippen molar-refractivity contribution in [1.82, 2.24) is 0 Å². The number of carbonyl (C=O) groups excluding carboxylic acids is 1. The molecule has 0 spiro atoms. The van der Waals surface area contributed by atoms with E-state index in [1.54, 1.807) is 6.92 Å². The van der Waals surface area contributed by atoms with Crippen LogP contribution in [0.15, 0.2) is 18.2 Å². The number of benzene rings is 1. The molecule has 0 aliphatic rings. The summed E-state index contributed by atoms with van der Waals surface area (Å²) < 4.78 is 0. The van der Waals surface area contributed by atoms with Crippen molar-refractivity contribution in [1.29, 1.82) is 0 Å². The van der Waals surface area contributed by atoms with Crippen molar-refractivity contribution in [2.45, 2.75) is 40.7 Å². The highest BCUT2D eigenvalue weighted by atomic mass is 16.1. The molecule has 2 heteroatoms. The molecule has 0 N–H and O–H groups in total. The van der Waals surface area contributed by atoms with Gasteiger partial charge >= 0.3 is 0 Å².